The lowest BCUT2D eigenvalue weighted by atomic mass is 10.1. The van der Waals surface area contributed by atoms with Crippen molar-refractivity contribution in [3.05, 3.63) is 95.1 Å². The number of benzene rings is 3. The molecule has 1 N–H and O–H groups in total. The predicted molar refractivity (Wildman–Crippen MR) is 113 cm³/mol. The molecule has 0 aliphatic heterocycles. The molecule has 0 saturated heterocycles. The summed E-state index contributed by atoms with van der Waals surface area (Å²) < 4.78 is 11.5. The van der Waals surface area contributed by atoms with Gasteiger partial charge in [0.2, 0.25) is 0 Å². The third-order valence-corrected chi connectivity index (χ3v) is 4.37. The summed E-state index contributed by atoms with van der Waals surface area (Å²) in [7, 11) is 1.68. The second-order valence-electron chi connectivity index (χ2n) is 6.29. The third kappa shape index (κ3) is 6.02. The summed E-state index contributed by atoms with van der Waals surface area (Å²) >= 11 is 0. The van der Waals surface area contributed by atoms with Crippen molar-refractivity contribution in [3.8, 4) is 11.5 Å². The Morgan fingerprint density at radius 3 is 2.22 bits per heavy atom. The summed E-state index contributed by atoms with van der Waals surface area (Å²) in [4.78, 5) is 0. The number of rotatable bonds is 8. The maximum absolute atomic E-state index is 5.98. The molecule has 3 rings (SSSR count). The van der Waals surface area contributed by atoms with Gasteiger partial charge in [-0.3, -0.25) is 0 Å². The lowest BCUT2D eigenvalue weighted by Crippen LogP contribution is -2.12. The molecule has 0 amide bonds. The van der Waals surface area contributed by atoms with E-state index in [9.17, 15) is 0 Å². The van der Waals surface area contributed by atoms with E-state index in [1.165, 1.54) is 22.3 Å². The molecule has 0 heterocycles. The third-order valence-electron chi connectivity index (χ3n) is 4.37. The van der Waals surface area contributed by atoms with E-state index < -0.39 is 0 Å². The van der Waals surface area contributed by atoms with Crippen LogP contribution >= 0.6 is 12.4 Å². The average molecular weight is 384 g/mol. The lowest BCUT2D eigenvalue weighted by Gasteiger charge is -2.13. The van der Waals surface area contributed by atoms with Crippen molar-refractivity contribution >= 4 is 12.4 Å². The maximum atomic E-state index is 5.98. The first-order valence-electron chi connectivity index (χ1n) is 8.85. The Kier molecular flexibility index (Phi) is 8.18. The van der Waals surface area contributed by atoms with Crippen molar-refractivity contribution in [2.75, 3.05) is 7.11 Å². The van der Waals surface area contributed by atoms with Crippen LogP contribution in [0.25, 0.3) is 0 Å². The van der Waals surface area contributed by atoms with Crippen molar-refractivity contribution in [1.29, 1.82) is 0 Å². The second kappa shape index (κ2) is 10.6. The van der Waals surface area contributed by atoms with Gasteiger partial charge in [-0.2, -0.15) is 0 Å². The Morgan fingerprint density at radius 1 is 0.778 bits per heavy atom. The lowest BCUT2D eigenvalue weighted by molar-refractivity contribution is 0.283. The topological polar surface area (TPSA) is 30.5 Å². The van der Waals surface area contributed by atoms with Gasteiger partial charge in [-0.05, 0) is 41.3 Å². The van der Waals surface area contributed by atoms with Crippen LogP contribution in [0.3, 0.4) is 0 Å². The van der Waals surface area contributed by atoms with Gasteiger partial charge in [0, 0.05) is 13.1 Å². The molecule has 0 aliphatic rings. The second-order valence-corrected chi connectivity index (χ2v) is 6.29. The molecule has 0 aliphatic carbocycles. The summed E-state index contributed by atoms with van der Waals surface area (Å²) in [5.41, 5.74) is 4.86. The van der Waals surface area contributed by atoms with Gasteiger partial charge in [-0.1, -0.05) is 60.7 Å². The van der Waals surface area contributed by atoms with Gasteiger partial charge in [0.05, 0.1) is 7.11 Å². The highest BCUT2D eigenvalue weighted by molar-refractivity contribution is 5.85. The Hall–Kier alpha value is -2.49. The van der Waals surface area contributed by atoms with Gasteiger partial charge < -0.3 is 14.8 Å². The molecule has 0 bridgehead atoms. The van der Waals surface area contributed by atoms with Gasteiger partial charge in [-0.25, -0.2) is 0 Å². The highest BCUT2D eigenvalue weighted by Gasteiger charge is 2.07. The zero-order valence-corrected chi connectivity index (χ0v) is 16.6. The normalized spacial score (nSPS) is 10.1. The summed E-state index contributed by atoms with van der Waals surface area (Å²) in [6, 6.07) is 24.7. The maximum Gasteiger partial charge on any atom is 0.161 e. The smallest absolute Gasteiger partial charge is 0.161 e. The van der Waals surface area contributed by atoms with Crippen LogP contribution in [-0.4, -0.2) is 7.11 Å². The van der Waals surface area contributed by atoms with Crippen LogP contribution in [0, 0.1) is 6.92 Å². The van der Waals surface area contributed by atoms with E-state index in [0.29, 0.717) is 6.61 Å². The SMILES string of the molecule is COc1cc(CNCc2ccccc2)ccc1OCc1ccccc1C.Cl. The molecule has 0 aromatic heterocycles. The molecule has 3 aromatic rings. The van der Waals surface area contributed by atoms with Crippen LogP contribution in [-0.2, 0) is 19.7 Å². The average Bonchev–Trinajstić information content (AvgIpc) is 2.68. The fraction of sp³-hybridized carbons (Fsp3) is 0.217. The van der Waals surface area contributed by atoms with Gasteiger partial charge in [0.15, 0.2) is 11.5 Å². The van der Waals surface area contributed by atoms with Crippen molar-refractivity contribution in [1.82, 2.24) is 5.32 Å². The minimum absolute atomic E-state index is 0. The summed E-state index contributed by atoms with van der Waals surface area (Å²) in [5, 5.41) is 3.46. The predicted octanol–water partition coefficient (Wildman–Crippen LogP) is 5.29. The molecule has 0 atom stereocenters. The molecule has 3 aromatic carbocycles. The Balaban J connectivity index is 0.00000261. The monoisotopic (exact) mass is 383 g/mol. The molecule has 0 radical (unpaired) electrons. The molecule has 142 valence electrons. The summed E-state index contributed by atoms with van der Waals surface area (Å²) in [5.74, 6) is 1.53. The minimum atomic E-state index is 0. The van der Waals surface area contributed by atoms with Gasteiger partial charge in [-0.15, -0.1) is 12.4 Å². The number of nitrogens with one attached hydrogen (secondary N) is 1. The molecule has 0 saturated carbocycles. The first-order valence-corrected chi connectivity index (χ1v) is 8.85. The Bertz CT molecular complexity index is 837. The van der Waals surface area contributed by atoms with Crippen LogP contribution in [0.1, 0.15) is 22.3 Å². The summed E-state index contributed by atoms with van der Waals surface area (Å²) in [6.45, 7) is 4.25. The van der Waals surface area contributed by atoms with Crippen molar-refractivity contribution in [2.45, 2.75) is 26.6 Å². The molecular weight excluding hydrogens is 358 g/mol. The zero-order valence-electron chi connectivity index (χ0n) is 15.8. The molecule has 0 unspecified atom stereocenters. The number of hydrogen-bond donors (Lipinski definition) is 1. The highest BCUT2D eigenvalue weighted by atomic mass is 35.5. The molecule has 27 heavy (non-hydrogen) atoms. The molecular formula is C23H26ClNO2. The van der Waals surface area contributed by atoms with Crippen LogP contribution in [0.5, 0.6) is 11.5 Å². The summed E-state index contributed by atoms with van der Waals surface area (Å²) in [6.07, 6.45) is 0. The molecule has 4 heteroatoms. The van der Waals surface area contributed by atoms with E-state index in [4.69, 9.17) is 9.47 Å². The van der Waals surface area contributed by atoms with Crippen LogP contribution in [0.4, 0.5) is 0 Å². The van der Waals surface area contributed by atoms with Crippen molar-refractivity contribution in [3.63, 3.8) is 0 Å². The fourth-order valence-corrected chi connectivity index (χ4v) is 2.82. The quantitative estimate of drug-likeness (QED) is 0.573. The highest BCUT2D eigenvalue weighted by Crippen LogP contribution is 2.29. The zero-order chi connectivity index (χ0) is 18.2. The van der Waals surface area contributed by atoms with Gasteiger partial charge >= 0.3 is 0 Å². The minimum Gasteiger partial charge on any atom is -0.493 e. The molecule has 3 nitrogen and oxygen atoms in total. The number of hydrogen-bond acceptors (Lipinski definition) is 3. The van der Waals surface area contributed by atoms with E-state index in [1.807, 2.05) is 30.3 Å². The molecule has 0 spiro atoms. The van der Waals surface area contributed by atoms with Crippen molar-refractivity contribution < 1.29 is 9.47 Å². The van der Waals surface area contributed by atoms with E-state index >= 15 is 0 Å². The van der Waals surface area contributed by atoms with Gasteiger partial charge in [0.25, 0.3) is 0 Å². The Labute approximate surface area is 167 Å². The van der Waals surface area contributed by atoms with Crippen LogP contribution in [0.2, 0.25) is 0 Å². The van der Waals surface area contributed by atoms with E-state index in [2.05, 4.69) is 54.7 Å². The van der Waals surface area contributed by atoms with E-state index in [1.54, 1.807) is 7.11 Å². The largest absolute Gasteiger partial charge is 0.493 e. The van der Waals surface area contributed by atoms with Crippen LogP contribution in [0.15, 0.2) is 72.8 Å². The number of ether oxygens (including phenoxy) is 2. The van der Waals surface area contributed by atoms with Crippen LogP contribution < -0.4 is 14.8 Å². The Morgan fingerprint density at radius 2 is 1.48 bits per heavy atom. The van der Waals surface area contributed by atoms with Crippen molar-refractivity contribution in [2.24, 2.45) is 0 Å². The standard InChI is InChI=1S/C23H25NO2.ClH/c1-18-8-6-7-11-21(18)17-26-22-13-12-20(14-23(22)25-2)16-24-15-19-9-4-3-5-10-19;/h3-14,24H,15-17H2,1-2H3;1H. The van der Waals surface area contributed by atoms with Gasteiger partial charge in [0.1, 0.15) is 6.61 Å². The molecule has 0 fully saturated rings. The first-order chi connectivity index (χ1) is 12.8. The van der Waals surface area contributed by atoms with E-state index in [-0.39, 0.29) is 12.4 Å². The first kappa shape index (κ1) is 20.8. The fourth-order valence-electron chi connectivity index (χ4n) is 2.82. The number of aryl methyl sites for hydroxylation is 1. The van der Waals surface area contributed by atoms with E-state index in [0.717, 1.165) is 24.6 Å². The number of methoxy groups -OCH3 is 1. The number of halogens is 1.